The number of carboxylic acids is 1. The molecule has 3 rings (SSSR count). The van der Waals surface area contributed by atoms with Gasteiger partial charge in [0.25, 0.3) is 5.91 Å². The molecular formula is C20H15N3O4. The molecule has 0 aliphatic rings. The summed E-state index contributed by atoms with van der Waals surface area (Å²) < 4.78 is 5.17. The summed E-state index contributed by atoms with van der Waals surface area (Å²) in [6, 6.07) is 9.98. The Hall–Kier alpha value is -4.05. The number of nitrogen functional groups attached to an aromatic ring is 1. The molecule has 0 atom stereocenters. The topological polar surface area (TPSA) is 118 Å². The third kappa shape index (κ3) is 4.14. The fraction of sp³-hybridized carbons (Fsp3) is 0.0500. The monoisotopic (exact) mass is 361 g/mol. The number of carbonyl (C=O) groups excluding carboxylic acids is 1. The van der Waals surface area contributed by atoms with E-state index >= 15 is 0 Å². The molecule has 3 aromatic rings. The van der Waals surface area contributed by atoms with E-state index in [1.165, 1.54) is 18.5 Å². The molecule has 7 heteroatoms. The Bertz CT molecular complexity index is 1090. The SMILES string of the molecule is Cc1ccoc1C(=O)Nc1cccc(C#Cc2cc(C(=O)O)cnc2N)c1. The number of hydrogen-bond donors (Lipinski definition) is 3. The van der Waals surface area contributed by atoms with Gasteiger partial charge in [0.15, 0.2) is 5.76 Å². The van der Waals surface area contributed by atoms with Gasteiger partial charge in [-0.15, -0.1) is 0 Å². The summed E-state index contributed by atoms with van der Waals surface area (Å²) >= 11 is 0. The molecule has 0 fully saturated rings. The highest BCUT2D eigenvalue weighted by Gasteiger charge is 2.12. The number of aromatic carboxylic acids is 1. The molecule has 4 N–H and O–H groups in total. The van der Waals surface area contributed by atoms with E-state index in [9.17, 15) is 9.59 Å². The van der Waals surface area contributed by atoms with Crippen molar-refractivity contribution >= 4 is 23.4 Å². The van der Waals surface area contributed by atoms with Crippen LogP contribution in [0.4, 0.5) is 11.5 Å². The van der Waals surface area contributed by atoms with Crippen LogP contribution < -0.4 is 11.1 Å². The zero-order chi connectivity index (χ0) is 19.4. The number of carbonyl (C=O) groups is 2. The Morgan fingerprint density at radius 2 is 2.04 bits per heavy atom. The number of anilines is 2. The molecular weight excluding hydrogens is 346 g/mol. The maximum Gasteiger partial charge on any atom is 0.337 e. The van der Waals surface area contributed by atoms with Gasteiger partial charge in [-0.3, -0.25) is 4.79 Å². The number of rotatable bonds is 3. The predicted molar refractivity (Wildman–Crippen MR) is 99.4 cm³/mol. The molecule has 0 unspecified atom stereocenters. The largest absolute Gasteiger partial charge is 0.478 e. The van der Waals surface area contributed by atoms with Crippen molar-refractivity contribution in [2.24, 2.45) is 0 Å². The molecule has 0 saturated carbocycles. The first-order valence-electron chi connectivity index (χ1n) is 7.90. The number of hydrogen-bond acceptors (Lipinski definition) is 5. The lowest BCUT2D eigenvalue weighted by atomic mass is 10.1. The number of carboxylic acid groups (broad SMARTS) is 1. The first kappa shape index (κ1) is 17.8. The molecule has 1 amide bonds. The van der Waals surface area contributed by atoms with Gasteiger partial charge in [-0.2, -0.15) is 0 Å². The minimum Gasteiger partial charge on any atom is -0.478 e. The number of amides is 1. The number of nitrogens with two attached hydrogens (primary N) is 1. The van der Waals surface area contributed by atoms with Gasteiger partial charge < -0.3 is 20.6 Å². The normalized spacial score (nSPS) is 9.96. The van der Waals surface area contributed by atoms with Crippen LogP contribution in [-0.4, -0.2) is 22.0 Å². The quantitative estimate of drug-likeness (QED) is 0.617. The molecule has 0 saturated heterocycles. The molecule has 27 heavy (non-hydrogen) atoms. The molecule has 0 spiro atoms. The molecule has 0 radical (unpaired) electrons. The maximum atomic E-state index is 12.2. The van der Waals surface area contributed by atoms with Crippen molar-refractivity contribution in [2.45, 2.75) is 6.92 Å². The van der Waals surface area contributed by atoms with Crippen molar-refractivity contribution in [3.63, 3.8) is 0 Å². The van der Waals surface area contributed by atoms with Crippen LogP contribution in [0.3, 0.4) is 0 Å². The van der Waals surface area contributed by atoms with Crippen molar-refractivity contribution in [1.29, 1.82) is 0 Å². The second-order valence-electron chi connectivity index (χ2n) is 5.68. The smallest absolute Gasteiger partial charge is 0.337 e. The van der Waals surface area contributed by atoms with Crippen LogP contribution in [-0.2, 0) is 0 Å². The second kappa shape index (κ2) is 7.45. The highest BCUT2D eigenvalue weighted by Crippen LogP contribution is 2.15. The van der Waals surface area contributed by atoms with E-state index in [2.05, 4.69) is 22.1 Å². The summed E-state index contributed by atoms with van der Waals surface area (Å²) in [5.41, 5.74) is 7.97. The maximum absolute atomic E-state index is 12.2. The third-order valence-corrected chi connectivity index (χ3v) is 3.70. The van der Waals surface area contributed by atoms with Crippen LogP contribution in [0.25, 0.3) is 0 Å². The van der Waals surface area contributed by atoms with Crippen molar-refractivity contribution in [2.75, 3.05) is 11.1 Å². The highest BCUT2D eigenvalue weighted by molar-refractivity contribution is 6.03. The van der Waals surface area contributed by atoms with Crippen molar-refractivity contribution in [3.05, 3.63) is 76.9 Å². The predicted octanol–water partition coefficient (Wildman–Crippen LogP) is 2.92. The summed E-state index contributed by atoms with van der Waals surface area (Å²) in [6.07, 6.45) is 2.63. The van der Waals surface area contributed by atoms with Crippen LogP contribution in [0.1, 0.15) is 37.6 Å². The van der Waals surface area contributed by atoms with Gasteiger partial charge in [-0.05, 0) is 37.3 Å². The minimum atomic E-state index is -1.11. The number of aryl methyl sites for hydroxylation is 1. The zero-order valence-electron chi connectivity index (χ0n) is 14.3. The van der Waals surface area contributed by atoms with E-state index in [0.717, 1.165) is 5.56 Å². The summed E-state index contributed by atoms with van der Waals surface area (Å²) in [5.74, 6) is 4.63. The van der Waals surface area contributed by atoms with E-state index in [0.29, 0.717) is 16.8 Å². The number of aromatic nitrogens is 1. The average Bonchev–Trinajstić information content (AvgIpc) is 3.07. The molecule has 7 nitrogen and oxygen atoms in total. The lowest BCUT2D eigenvalue weighted by Crippen LogP contribution is -2.12. The van der Waals surface area contributed by atoms with Gasteiger partial charge in [-0.25, -0.2) is 9.78 Å². The number of nitrogens with zero attached hydrogens (tertiary/aromatic N) is 1. The number of pyridine rings is 1. The fourth-order valence-electron chi connectivity index (χ4n) is 2.30. The van der Waals surface area contributed by atoms with E-state index in [1.54, 1.807) is 37.3 Å². The summed E-state index contributed by atoms with van der Waals surface area (Å²) in [4.78, 5) is 27.1. The fourth-order valence-corrected chi connectivity index (χ4v) is 2.30. The summed E-state index contributed by atoms with van der Waals surface area (Å²) in [6.45, 7) is 1.78. The molecule has 0 bridgehead atoms. The Labute approximate surface area is 154 Å². The minimum absolute atomic E-state index is 0.00308. The third-order valence-electron chi connectivity index (χ3n) is 3.70. The van der Waals surface area contributed by atoms with E-state index in [1.807, 2.05) is 0 Å². The Morgan fingerprint density at radius 3 is 2.74 bits per heavy atom. The van der Waals surface area contributed by atoms with Gasteiger partial charge in [-0.1, -0.05) is 17.9 Å². The van der Waals surface area contributed by atoms with Gasteiger partial charge in [0, 0.05) is 23.0 Å². The van der Waals surface area contributed by atoms with Gasteiger partial charge >= 0.3 is 5.97 Å². The Morgan fingerprint density at radius 1 is 1.22 bits per heavy atom. The first-order chi connectivity index (χ1) is 12.9. The first-order valence-corrected chi connectivity index (χ1v) is 7.90. The van der Waals surface area contributed by atoms with Crippen LogP contribution in [0.15, 0.2) is 53.3 Å². The molecule has 1 aromatic carbocycles. The Balaban J connectivity index is 1.82. The van der Waals surface area contributed by atoms with Gasteiger partial charge in [0.05, 0.1) is 17.4 Å². The number of nitrogens with one attached hydrogen (secondary N) is 1. The molecule has 0 aliphatic heterocycles. The van der Waals surface area contributed by atoms with Gasteiger partial charge in [0.1, 0.15) is 5.82 Å². The average molecular weight is 361 g/mol. The molecule has 2 aromatic heterocycles. The number of furan rings is 1. The van der Waals surface area contributed by atoms with Crippen LogP contribution in [0.2, 0.25) is 0 Å². The standard InChI is InChI=1S/C20H15N3O4/c1-12-7-8-27-17(12)19(24)23-16-4-2-3-13(9-16)5-6-14-10-15(20(25)26)11-22-18(14)21/h2-4,7-11H,1H3,(H2,21,22)(H,23,24)(H,25,26). The van der Waals surface area contributed by atoms with Crippen LogP contribution >= 0.6 is 0 Å². The van der Waals surface area contributed by atoms with E-state index in [-0.39, 0.29) is 23.0 Å². The molecule has 0 aliphatic carbocycles. The van der Waals surface area contributed by atoms with Crippen LogP contribution in [0, 0.1) is 18.8 Å². The van der Waals surface area contributed by atoms with Crippen LogP contribution in [0.5, 0.6) is 0 Å². The van der Waals surface area contributed by atoms with Gasteiger partial charge in [0.2, 0.25) is 0 Å². The van der Waals surface area contributed by atoms with E-state index < -0.39 is 5.97 Å². The zero-order valence-corrected chi connectivity index (χ0v) is 14.3. The van der Waals surface area contributed by atoms with Crippen molar-refractivity contribution in [1.82, 2.24) is 4.98 Å². The lowest BCUT2D eigenvalue weighted by Gasteiger charge is -2.04. The van der Waals surface area contributed by atoms with E-state index in [4.69, 9.17) is 15.3 Å². The van der Waals surface area contributed by atoms with Crippen molar-refractivity contribution < 1.29 is 19.1 Å². The second-order valence-corrected chi connectivity index (χ2v) is 5.68. The summed E-state index contributed by atoms with van der Waals surface area (Å²) in [5, 5.41) is 11.8. The summed E-state index contributed by atoms with van der Waals surface area (Å²) in [7, 11) is 0. The molecule has 134 valence electrons. The Kier molecular flexibility index (Phi) is 4.90. The number of benzene rings is 1. The van der Waals surface area contributed by atoms with Crippen molar-refractivity contribution in [3.8, 4) is 11.8 Å². The lowest BCUT2D eigenvalue weighted by molar-refractivity contribution is 0.0696. The molecule has 2 heterocycles. The highest BCUT2D eigenvalue weighted by atomic mass is 16.4.